The second kappa shape index (κ2) is 4.91. The third kappa shape index (κ3) is 2.34. The van der Waals surface area contributed by atoms with Crippen molar-refractivity contribution in [2.75, 3.05) is 5.73 Å². The van der Waals surface area contributed by atoms with Gasteiger partial charge in [0.1, 0.15) is 5.69 Å². The van der Waals surface area contributed by atoms with Gasteiger partial charge in [-0.05, 0) is 23.8 Å². The molecular weight excluding hydrogens is 238 g/mol. The number of hydrogen-bond acceptors (Lipinski definition) is 3. The van der Waals surface area contributed by atoms with Gasteiger partial charge in [-0.15, -0.1) is 0 Å². The topological polar surface area (TPSA) is 56.0 Å². The average Bonchev–Trinajstić information content (AvgIpc) is 2.35. The molecule has 2 rings (SSSR count). The first-order valence-corrected chi connectivity index (χ1v) is 5.26. The number of anilines is 1. The molecule has 0 aliphatic rings. The fourth-order valence-corrected chi connectivity index (χ4v) is 1.59. The number of nitrogen functional groups attached to an aromatic ring is 1. The number of hydrogen-bond donors (Lipinski definition) is 1. The smallest absolute Gasteiger partial charge is 0.187 e. The van der Waals surface area contributed by atoms with Crippen molar-refractivity contribution >= 4 is 11.5 Å². The number of benzene rings is 1. The standard InChI is InChI=1S/C13H10F2N2O/c14-9-4-1-3-8(12(9)15)7-11(18)13-10(16)5-2-6-17-13/h1-6H,7,16H2. The van der Waals surface area contributed by atoms with Gasteiger partial charge in [0.15, 0.2) is 17.4 Å². The van der Waals surface area contributed by atoms with Crippen molar-refractivity contribution in [3.63, 3.8) is 0 Å². The lowest BCUT2D eigenvalue weighted by Gasteiger charge is -2.05. The summed E-state index contributed by atoms with van der Waals surface area (Å²) in [6.07, 6.45) is 1.15. The number of carbonyl (C=O) groups is 1. The minimum atomic E-state index is -1.01. The number of ketones is 1. The van der Waals surface area contributed by atoms with E-state index in [4.69, 9.17) is 5.73 Å². The van der Waals surface area contributed by atoms with Crippen molar-refractivity contribution < 1.29 is 13.6 Å². The van der Waals surface area contributed by atoms with Gasteiger partial charge in [-0.25, -0.2) is 8.78 Å². The van der Waals surface area contributed by atoms with Crippen LogP contribution in [0.15, 0.2) is 36.5 Å². The maximum Gasteiger partial charge on any atom is 0.187 e. The van der Waals surface area contributed by atoms with Crippen molar-refractivity contribution in [2.45, 2.75) is 6.42 Å². The van der Waals surface area contributed by atoms with Gasteiger partial charge in [0.05, 0.1) is 5.69 Å². The maximum atomic E-state index is 13.4. The Morgan fingerprint density at radius 3 is 2.72 bits per heavy atom. The molecule has 0 saturated heterocycles. The zero-order chi connectivity index (χ0) is 13.1. The molecule has 0 fully saturated rings. The van der Waals surface area contributed by atoms with Crippen LogP contribution < -0.4 is 5.73 Å². The Hall–Kier alpha value is -2.30. The zero-order valence-corrected chi connectivity index (χ0v) is 9.36. The molecular formula is C13H10F2N2O. The molecule has 0 saturated carbocycles. The van der Waals surface area contributed by atoms with E-state index < -0.39 is 17.4 Å². The van der Waals surface area contributed by atoms with E-state index >= 15 is 0 Å². The molecule has 0 atom stereocenters. The summed E-state index contributed by atoms with van der Waals surface area (Å²) in [4.78, 5) is 15.7. The molecule has 5 heteroatoms. The molecule has 1 heterocycles. The number of aromatic nitrogens is 1. The van der Waals surface area contributed by atoms with Gasteiger partial charge in [-0.2, -0.15) is 0 Å². The number of nitrogens with two attached hydrogens (primary N) is 1. The number of rotatable bonds is 3. The zero-order valence-electron chi connectivity index (χ0n) is 9.36. The lowest BCUT2D eigenvalue weighted by Crippen LogP contribution is -2.10. The van der Waals surface area contributed by atoms with Gasteiger partial charge in [0, 0.05) is 12.6 Å². The summed E-state index contributed by atoms with van der Waals surface area (Å²) in [5.41, 5.74) is 5.87. The summed E-state index contributed by atoms with van der Waals surface area (Å²) in [5, 5.41) is 0. The van der Waals surface area contributed by atoms with Crippen LogP contribution in [0.2, 0.25) is 0 Å². The molecule has 92 valence electrons. The Labute approximate surface area is 102 Å². The van der Waals surface area contributed by atoms with E-state index in [0.717, 1.165) is 6.07 Å². The second-order valence-corrected chi connectivity index (χ2v) is 3.75. The van der Waals surface area contributed by atoms with Gasteiger partial charge in [0.25, 0.3) is 0 Å². The molecule has 0 unspecified atom stereocenters. The molecule has 2 aromatic rings. The Morgan fingerprint density at radius 2 is 2.00 bits per heavy atom. The highest BCUT2D eigenvalue weighted by Crippen LogP contribution is 2.15. The third-order valence-corrected chi connectivity index (χ3v) is 2.49. The van der Waals surface area contributed by atoms with Crippen LogP contribution in [0.1, 0.15) is 16.1 Å². The van der Waals surface area contributed by atoms with Gasteiger partial charge in [0.2, 0.25) is 0 Å². The summed E-state index contributed by atoms with van der Waals surface area (Å²) in [6, 6.07) is 6.83. The number of pyridine rings is 1. The fraction of sp³-hybridized carbons (Fsp3) is 0.0769. The summed E-state index contributed by atoms with van der Waals surface area (Å²) >= 11 is 0. The summed E-state index contributed by atoms with van der Waals surface area (Å²) < 4.78 is 26.4. The largest absolute Gasteiger partial charge is 0.397 e. The molecule has 0 bridgehead atoms. The maximum absolute atomic E-state index is 13.4. The first-order valence-electron chi connectivity index (χ1n) is 5.26. The Morgan fingerprint density at radius 1 is 1.22 bits per heavy atom. The summed E-state index contributed by atoms with van der Waals surface area (Å²) in [6.45, 7) is 0. The monoisotopic (exact) mass is 248 g/mol. The molecule has 2 N–H and O–H groups in total. The minimum Gasteiger partial charge on any atom is -0.397 e. The number of carbonyl (C=O) groups excluding carboxylic acids is 1. The molecule has 0 spiro atoms. The van der Waals surface area contributed by atoms with Crippen LogP contribution in [0.25, 0.3) is 0 Å². The fourth-order valence-electron chi connectivity index (χ4n) is 1.59. The lowest BCUT2D eigenvalue weighted by atomic mass is 10.1. The van der Waals surface area contributed by atoms with E-state index in [1.165, 1.54) is 24.4 Å². The molecule has 0 aliphatic heterocycles. The highest BCUT2D eigenvalue weighted by Gasteiger charge is 2.15. The quantitative estimate of drug-likeness (QED) is 0.848. The average molecular weight is 248 g/mol. The van der Waals surface area contributed by atoms with E-state index in [2.05, 4.69) is 4.98 Å². The van der Waals surface area contributed by atoms with Crippen molar-refractivity contribution in [1.29, 1.82) is 0 Å². The van der Waals surface area contributed by atoms with Crippen molar-refractivity contribution in [2.24, 2.45) is 0 Å². The van der Waals surface area contributed by atoms with Gasteiger partial charge >= 0.3 is 0 Å². The van der Waals surface area contributed by atoms with Crippen molar-refractivity contribution in [1.82, 2.24) is 4.98 Å². The first kappa shape index (κ1) is 12.2. The summed E-state index contributed by atoms with van der Waals surface area (Å²) in [7, 11) is 0. The van der Waals surface area contributed by atoms with Crippen LogP contribution in [-0.4, -0.2) is 10.8 Å². The highest BCUT2D eigenvalue weighted by molar-refractivity contribution is 5.99. The predicted molar refractivity (Wildman–Crippen MR) is 63.0 cm³/mol. The van der Waals surface area contributed by atoms with Crippen LogP contribution in [-0.2, 0) is 6.42 Å². The first-order chi connectivity index (χ1) is 8.59. The predicted octanol–water partition coefficient (Wildman–Crippen LogP) is 2.37. The van der Waals surface area contributed by atoms with E-state index in [-0.39, 0.29) is 23.4 Å². The van der Waals surface area contributed by atoms with Gasteiger partial charge < -0.3 is 5.73 Å². The molecule has 3 nitrogen and oxygen atoms in total. The van der Waals surface area contributed by atoms with Crippen molar-refractivity contribution in [3.8, 4) is 0 Å². The Kier molecular flexibility index (Phi) is 3.32. The highest BCUT2D eigenvalue weighted by atomic mass is 19.2. The van der Waals surface area contributed by atoms with E-state index in [1.54, 1.807) is 6.07 Å². The molecule has 0 aliphatic carbocycles. The third-order valence-electron chi connectivity index (χ3n) is 2.49. The van der Waals surface area contributed by atoms with Crippen molar-refractivity contribution in [3.05, 3.63) is 59.4 Å². The van der Waals surface area contributed by atoms with Crippen LogP contribution in [0.4, 0.5) is 14.5 Å². The normalized spacial score (nSPS) is 10.3. The van der Waals surface area contributed by atoms with Gasteiger partial charge in [-0.3, -0.25) is 9.78 Å². The minimum absolute atomic E-state index is 0.00921. The number of halogens is 2. The molecule has 18 heavy (non-hydrogen) atoms. The summed E-state index contributed by atoms with van der Waals surface area (Å²) in [5.74, 6) is -2.44. The van der Waals surface area contributed by atoms with Crippen LogP contribution in [0, 0.1) is 11.6 Å². The number of Topliss-reactive ketones (excluding diaryl/α,β-unsaturated/α-hetero) is 1. The van der Waals surface area contributed by atoms with E-state index in [9.17, 15) is 13.6 Å². The number of nitrogens with zero attached hydrogens (tertiary/aromatic N) is 1. The van der Waals surface area contributed by atoms with E-state index in [1.807, 2.05) is 0 Å². The van der Waals surface area contributed by atoms with E-state index in [0.29, 0.717) is 0 Å². The second-order valence-electron chi connectivity index (χ2n) is 3.75. The van der Waals surface area contributed by atoms with Gasteiger partial charge in [-0.1, -0.05) is 12.1 Å². The molecule has 1 aromatic carbocycles. The lowest BCUT2D eigenvalue weighted by molar-refractivity contribution is 0.0988. The SMILES string of the molecule is Nc1cccnc1C(=O)Cc1cccc(F)c1F. The van der Waals surface area contributed by atoms with Crippen LogP contribution in [0.3, 0.4) is 0 Å². The molecule has 1 aromatic heterocycles. The molecule has 0 amide bonds. The van der Waals surface area contributed by atoms with Crippen LogP contribution in [0.5, 0.6) is 0 Å². The Balaban J connectivity index is 2.27. The molecule has 0 radical (unpaired) electrons. The Bertz CT molecular complexity index is 599. The van der Waals surface area contributed by atoms with Crippen LogP contribution >= 0.6 is 0 Å².